The van der Waals surface area contributed by atoms with Crippen molar-refractivity contribution >= 4 is 40.0 Å². The van der Waals surface area contributed by atoms with Crippen LogP contribution in [0.5, 0.6) is 0 Å². The van der Waals surface area contributed by atoms with E-state index >= 15 is 0 Å². The standard InChI is InChI=1S/C27H28N6O2/c1-16-10-11-22(17(2)12-16)32-27(35)31-19-7-5-6-18(13-19)24(34)21-14-33(20-8-3-4-9-20)26-23(21)25(28)29-15-30-26/h5-7,10-15,20H,3-4,8-9H2,1-2H3,(H2,28,29,30)(H2,31,32,35). The third-order valence-corrected chi connectivity index (χ3v) is 6.61. The van der Waals surface area contributed by atoms with E-state index in [1.54, 1.807) is 24.3 Å². The van der Waals surface area contributed by atoms with Crippen LogP contribution in [0.2, 0.25) is 0 Å². The molecule has 1 aliphatic carbocycles. The van der Waals surface area contributed by atoms with Gasteiger partial charge in [-0.15, -0.1) is 0 Å². The number of rotatable bonds is 5. The van der Waals surface area contributed by atoms with Gasteiger partial charge in [-0.3, -0.25) is 4.79 Å². The summed E-state index contributed by atoms with van der Waals surface area (Å²) < 4.78 is 2.08. The first-order valence-corrected chi connectivity index (χ1v) is 11.8. The number of fused-ring (bicyclic) bond motifs is 1. The molecule has 8 heteroatoms. The number of nitrogens with zero attached hydrogens (tertiary/aromatic N) is 3. The summed E-state index contributed by atoms with van der Waals surface area (Å²) in [7, 11) is 0. The molecule has 0 unspecified atom stereocenters. The van der Waals surface area contributed by atoms with Gasteiger partial charge in [0.25, 0.3) is 0 Å². The van der Waals surface area contributed by atoms with Gasteiger partial charge in [-0.1, -0.05) is 42.7 Å². The maximum absolute atomic E-state index is 13.6. The third-order valence-electron chi connectivity index (χ3n) is 6.61. The number of nitrogen functional groups attached to an aromatic ring is 1. The van der Waals surface area contributed by atoms with Crippen LogP contribution >= 0.6 is 0 Å². The highest BCUT2D eigenvalue weighted by atomic mass is 16.2. The van der Waals surface area contributed by atoms with E-state index in [1.165, 1.54) is 6.33 Å². The number of urea groups is 1. The van der Waals surface area contributed by atoms with Crippen LogP contribution in [-0.2, 0) is 0 Å². The molecule has 1 fully saturated rings. The highest BCUT2D eigenvalue weighted by Gasteiger charge is 2.25. The van der Waals surface area contributed by atoms with Crippen LogP contribution in [0.1, 0.15) is 58.8 Å². The molecule has 2 heterocycles. The molecule has 1 saturated carbocycles. The number of ketones is 1. The summed E-state index contributed by atoms with van der Waals surface area (Å²) in [6, 6.07) is 12.6. The van der Waals surface area contributed by atoms with Gasteiger partial charge < -0.3 is 20.9 Å². The minimum absolute atomic E-state index is 0.188. The van der Waals surface area contributed by atoms with E-state index in [9.17, 15) is 9.59 Å². The van der Waals surface area contributed by atoms with Crippen LogP contribution in [0.4, 0.5) is 22.0 Å². The molecule has 2 aromatic carbocycles. The molecule has 0 bridgehead atoms. The van der Waals surface area contributed by atoms with Gasteiger partial charge in [-0.2, -0.15) is 0 Å². The molecular weight excluding hydrogens is 440 g/mol. The highest BCUT2D eigenvalue weighted by molar-refractivity contribution is 6.18. The highest BCUT2D eigenvalue weighted by Crippen LogP contribution is 2.35. The Morgan fingerprint density at radius 1 is 1.03 bits per heavy atom. The average Bonchev–Trinajstić information content (AvgIpc) is 3.49. The zero-order chi connectivity index (χ0) is 24.5. The molecule has 8 nitrogen and oxygen atoms in total. The average molecular weight is 469 g/mol. The van der Waals surface area contributed by atoms with Crippen molar-refractivity contribution in [2.75, 3.05) is 16.4 Å². The molecule has 1 aliphatic rings. The molecular formula is C27H28N6O2. The lowest BCUT2D eigenvalue weighted by Gasteiger charge is -2.12. The van der Waals surface area contributed by atoms with E-state index < -0.39 is 0 Å². The zero-order valence-corrected chi connectivity index (χ0v) is 19.8. The minimum Gasteiger partial charge on any atom is -0.383 e. The fourth-order valence-corrected chi connectivity index (χ4v) is 4.87. The van der Waals surface area contributed by atoms with Crippen molar-refractivity contribution in [1.82, 2.24) is 14.5 Å². The first-order chi connectivity index (χ1) is 16.9. The minimum atomic E-state index is -0.378. The van der Waals surface area contributed by atoms with Crippen molar-refractivity contribution in [2.24, 2.45) is 0 Å². The van der Waals surface area contributed by atoms with Crippen LogP contribution in [0.3, 0.4) is 0 Å². The summed E-state index contributed by atoms with van der Waals surface area (Å²) in [5.41, 5.74) is 11.2. The molecule has 5 rings (SSSR count). The molecule has 4 N–H and O–H groups in total. The molecule has 2 amide bonds. The Morgan fingerprint density at radius 2 is 1.83 bits per heavy atom. The Morgan fingerprint density at radius 3 is 2.60 bits per heavy atom. The van der Waals surface area contributed by atoms with Crippen molar-refractivity contribution in [3.8, 4) is 0 Å². The number of hydrogen-bond donors (Lipinski definition) is 3. The van der Waals surface area contributed by atoms with E-state index in [0.717, 1.165) is 42.5 Å². The summed E-state index contributed by atoms with van der Waals surface area (Å²) in [4.78, 5) is 34.8. The summed E-state index contributed by atoms with van der Waals surface area (Å²) >= 11 is 0. The van der Waals surface area contributed by atoms with Gasteiger partial charge in [-0.25, -0.2) is 14.8 Å². The van der Waals surface area contributed by atoms with Crippen molar-refractivity contribution in [3.05, 3.63) is 77.2 Å². The number of anilines is 3. The van der Waals surface area contributed by atoms with Gasteiger partial charge in [0.15, 0.2) is 5.78 Å². The van der Waals surface area contributed by atoms with Crippen LogP contribution in [-0.4, -0.2) is 26.3 Å². The smallest absolute Gasteiger partial charge is 0.323 e. The summed E-state index contributed by atoms with van der Waals surface area (Å²) in [5.74, 6) is 0.101. The van der Waals surface area contributed by atoms with Crippen molar-refractivity contribution in [3.63, 3.8) is 0 Å². The van der Waals surface area contributed by atoms with E-state index in [2.05, 4.69) is 25.2 Å². The summed E-state index contributed by atoms with van der Waals surface area (Å²) in [6.45, 7) is 3.95. The van der Waals surface area contributed by atoms with Crippen molar-refractivity contribution in [1.29, 1.82) is 0 Å². The summed E-state index contributed by atoms with van der Waals surface area (Å²) in [6.07, 6.45) is 7.72. The lowest BCUT2D eigenvalue weighted by Crippen LogP contribution is -2.20. The second kappa shape index (κ2) is 9.21. The fourth-order valence-electron chi connectivity index (χ4n) is 4.87. The van der Waals surface area contributed by atoms with E-state index in [0.29, 0.717) is 33.9 Å². The predicted molar refractivity (Wildman–Crippen MR) is 138 cm³/mol. The molecule has 178 valence electrons. The van der Waals surface area contributed by atoms with Gasteiger partial charge in [0.1, 0.15) is 17.8 Å². The molecule has 0 saturated heterocycles. The van der Waals surface area contributed by atoms with Crippen LogP contribution in [0.15, 0.2) is 55.0 Å². The number of hydrogen-bond acceptors (Lipinski definition) is 5. The second-order valence-electron chi connectivity index (χ2n) is 9.15. The topological polar surface area (TPSA) is 115 Å². The Balaban J connectivity index is 1.41. The molecule has 0 atom stereocenters. The lowest BCUT2D eigenvalue weighted by molar-refractivity contribution is 0.104. The number of nitrogens with two attached hydrogens (primary N) is 1. The van der Waals surface area contributed by atoms with E-state index in [1.807, 2.05) is 38.2 Å². The maximum atomic E-state index is 13.6. The quantitative estimate of drug-likeness (QED) is 0.329. The molecule has 0 spiro atoms. The van der Waals surface area contributed by atoms with Gasteiger partial charge in [0, 0.05) is 29.2 Å². The number of nitrogens with one attached hydrogen (secondary N) is 2. The normalized spacial score (nSPS) is 13.8. The zero-order valence-electron chi connectivity index (χ0n) is 19.8. The SMILES string of the molecule is Cc1ccc(NC(=O)Nc2cccc(C(=O)c3cn(C4CCCC4)c4ncnc(N)c34)c2)c(C)c1. The molecule has 2 aromatic heterocycles. The third kappa shape index (κ3) is 4.47. The van der Waals surface area contributed by atoms with E-state index in [-0.39, 0.29) is 17.6 Å². The molecule has 35 heavy (non-hydrogen) atoms. The predicted octanol–water partition coefficient (Wildman–Crippen LogP) is 5.62. The number of benzene rings is 2. The number of aromatic nitrogens is 3. The Kier molecular flexibility index (Phi) is 5.94. The number of amides is 2. The summed E-state index contributed by atoms with van der Waals surface area (Å²) in [5, 5.41) is 6.26. The van der Waals surface area contributed by atoms with Crippen molar-refractivity contribution < 1.29 is 9.59 Å². The first-order valence-electron chi connectivity index (χ1n) is 11.8. The molecule has 0 radical (unpaired) electrons. The first kappa shape index (κ1) is 22.6. The number of carbonyl (C=O) groups is 2. The largest absolute Gasteiger partial charge is 0.383 e. The molecule has 0 aliphatic heterocycles. The van der Waals surface area contributed by atoms with Gasteiger partial charge in [-0.05, 0) is 50.5 Å². The lowest BCUT2D eigenvalue weighted by atomic mass is 10.0. The Bertz CT molecular complexity index is 1440. The van der Waals surface area contributed by atoms with Crippen LogP contribution in [0.25, 0.3) is 11.0 Å². The monoisotopic (exact) mass is 468 g/mol. The van der Waals surface area contributed by atoms with Crippen molar-refractivity contribution in [2.45, 2.75) is 45.6 Å². The maximum Gasteiger partial charge on any atom is 0.323 e. The second-order valence-corrected chi connectivity index (χ2v) is 9.15. The van der Waals surface area contributed by atoms with Gasteiger partial charge in [0.2, 0.25) is 0 Å². The van der Waals surface area contributed by atoms with Crippen LogP contribution < -0.4 is 16.4 Å². The fraction of sp³-hybridized carbons (Fsp3) is 0.259. The molecule has 4 aromatic rings. The number of aryl methyl sites for hydroxylation is 2. The van der Waals surface area contributed by atoms with Crippen LogP contribution in [0, 0.1) is 13.8 Å². The van der Waals surface area contributed by atoms with Gasteiger partial charge >= 0.3 is 6.03 Å². The Hall–Kier alpha value is -4.20. The van der Waals surface area contributed by atoms with E-state index in [4.69, 9.17) is 5.73 Å². The van der Waals surface area contributed by atoms with Gasteiger partial charge in [0.05, 0.1) is 10.9 Å². The Labute approximate surface area is 203 Å². The number of carbonyl (C=O) groups excluding carboxylic acids is 2.